The van der Waals surface area contributed by atoms with Crippen molar-refractivity contribution in [3.8, 4) is 0 Å². The molecule has 2 fully saturated rings. The van der Waals surface area contributed by atoms with Crippen LogP contribution in [0, 0.1) is 11.7 Å². The molecular weight excluding hydrogens is 287 g/mol. The lowest BCUT2D eigenvalue weighted by Crippen LogP contribution is -2.46. The predicted octanol–water partition coefficient (Wildman–Crippen LogP) is 3.88. The van der Waals surface area contributed by atoms with Crippen LogP contribution in [0.2, 0.25) is 5.02 Å². The maximum absolute atomic E-state index is 13.2. The molecule has 0 radical (unpaired) electrons. The topological polar surface area (TPSA) is 24.1 Å². The van der Waals surface area contributed by atoms with Gasteiger partial charge in [-0.1, -0.05) is 30.5 Å². The molecule has 3 rings (SSSR count). The third-order valence-electron chi connectivity index (χ3n) is 4.99. The summed E-state index contributed by atoms with van der Waals surface area (Å²) in [5, 5.41) is 7.58. The van der Waals surface area contributed by atoms with Gasteiger partial charge in [0, 0.05) is 18.6 Å². The summed E-state index contributed by atoms with van der Waals surface area (Å²) < 4.78 is 13.2. The molecule has 0 spiro atoms. The Morgan fingerprint density at radius 1 is 1.19 bits per heavy atom. The van der Waals surface area contributed by atoms with Crippen molar-refractivity contribution in [2.24, 2.45) is 5.92 Å². The molecule has 2 nitrogen and oxygen atoms in total. The Labute approximate surface area is 131 Å². The highest BCUT2D eigenvalue weighted by Gasteiger charge is 2.33. The lowest BCUT2D eigenvalue weighted by atomic mass is 9.88. The molecule has 1 heterocycles. The summed E-state index contributed by atoms with van der Waals surface area (Å²) >= 11 is 5.85. The standard InChI is InChI=1S/C17H24ClFN2/c18-14-10-12(7-8-15(14)19)11-21-17-6-3-4-13(17)16-5-1-2-9-20-16/h7-8,10,13,16-17,20-21H,1-6,9,11H2. The molecule has 1 aliphatic heterocycles. The van der Waals surface area contributed by atoms with Gasteiger partial charge >= 0.3 is 0 Å². The second-order valence-electron chi connectivity index (χ2n) is 6.39. The van der Waals surface area contributed by atoms with Crippen molar-refractivity contribution in [3.63, 3.8) is 0 Å². The summed E-state index contributed by atoms with van der Waals surface area (Å²) in [6, 6.07) is 6.25. The number of hydrogen-bond acceptors (Lipinski definition) is 2. The largest absolute Gasteiger partial charge is 0.314 e. The van der Waals surface area contributed by atoms with E-state index in [1.54, 1.807) is 6.07 Å². The van der Waals surface area contributed by atoms with Gasteiger partial charge in [0.05, 0.1) is 5.02 Å². The number of halogens is 2. The Morgan fingerprint density at radius 3 is 2.86 bits per heavy atom. The lowest BCUT2D eigenvalue weighted by Gasteiger charge is -2.33. The molecule has 1 aliphatic carbocycles. The molecule has 3 atom stereocenters. The first-order valence-electron chi connectivity index (χ1n) is 8.15. The van der Waals surface area contributed by atoms with Gasteiger partial charge in [-0.25, -0.2) is 4.39 Å². The van der Waals surface area contributed by atoms with E-state index in [4.69, 9.17) is 11.6 Å². The van der Waals surface area contributed by atoms with E-state index in [9.17, 15) is 4.39 Å². The molecular formula is C17H24ClFN2. The minimum absolute atomic E-state index is 0.214. The third kappa shape index (κ3) is 3.77. The molecule has 1 aromatic carbocycles. The normalized spacial score (nSPS) is 29.7. The van der Waals surface area contributed by atoms with Gasteiger partial charge in [0.25, 0.3) is 0 Å². The highest BCUT2D eigenvalue weighted by molar-refractivity contribution is 6.30. The first-order chi connectivity index (χ1) is 10.2. The van der Waals surface area contributed by atoms with Crippen molar-refractivity contribution in [2.75, 3.05) is 6.54 Å². The zero-order chi connectivity index (χ0) is 14.7. The summed E-state index contributed by atoms with van der Waals surface area (Å²) in [5.74, 6) is 0.395. The van der Waals surface area contributed by atoms with Crippen molar-refractivity contribution in [3.05, 3.63) is 34.6 Å². The number of nitrogens with one attached hydrogen (secondary N) is 2. The Balaban J connectivity index is 1.57. The molecule has 0 amide bonds. The Bertz CT molecular complexity index is 474. The summed E-state index contributed by atoms with van der Waals surface area (Å²) in [6.45, 7) is 1.94. The molecule has 1 saturated heterocycles. The van der Waals surface area contributed by atoms with Crippen molar-refractivity contribution in [2.45, 2.75) is 57.2 Å². The summed E-state index contributed by atoms with van der Waals surface area (Å²) in [4.78, 5) is 0. The van der Waals surface area contributed by atoms with Gasteiger partial charge in [-0.2, -0.15) is 0 Å². The van der Waals surface area contributed by atoms with Crippen molar-refractivity contribution < 1.29 is 4.39 Å². The van der Waals surface area contributed by atoms with Gasteiger partial charge < -0.3 is 10.6 Å². The quantitative estimate of drug-likeness (QED) is 0.882. The summed E-state index contributed by atoms with van der Waals surface area (Å²) in [5.41, 5.74) is 1.06. The first kappa shape index (κ1) is 15.3. The molecule has 21 heavy (non-hydrogen) atoms. The fraction of sp³-hybridized carbons (Fsp3) is 0.647. The maximum atomic E-state index is 13.2. The molecule has 1 saturated carbocycles. The first-order valence-corrected chi connectivity index (χ1v) is 8.52. The van der Waals surface area contributed by atoms with Crippen LogP contribution in [0.15, 0.2) is 18.2 Å². The average molecular weight is 311 g/mol. The lowest BCUT2D eigenvalue weighted by molar-refractivity contribution is 0.257. The second kappa shape index (κ2) is 7.08. The predicted molar refractivity (Wildman–Crippen MR) is 85.0 cm³/mol. The van der Waals surface area contributed by atoms with E-state index in [-0.39, 0.29) is 10.8 Å². The second-order valence-corrected chi connectivity index (χ2v) is 6.79. The Morgan fingerprint density at radius 2 is 2.10 bits per heavy atom. The van der Waals surface area contributed by atoms with E-state index in [2.05, 4.69) is 10.6 Å². The van der Waals surface area contributed by atoms with Gasteiger partial charge in [0.1, 0.15) is 5.82 Å². The number of hydrogen-bond donors (Lipinski definition) is 2. The number of piperidine rings is 1. The van der Waals surface area contributed by atoms with Crippen LogP contribution >= 0.6 is 11.6 Å². The highest BCUT2D eigenvalue weighted by Crippen LogP contribution is 2.32. The van der Waals surface area contributed by atoms with Crippen LogP contribution in [-0.2, 0) is 6.54 Å². The Kier molecular flexibility index (Phi) is 5.15. The molecule has 4 heteroatoms. The minimum Gasteiger partial charge on any atom is -0.314 e. The summed E-state index contributed by atoms with van der Waals surface area (Å²) in [7, 11) is 0. The summed E-state index contributed by atoms with van der Waals surface area (Å²) in [6.07, 6.45) is 7.86. The SMILES string of the molecule is Fc1ccc(CNC2CCCC2C2CCCCN2)cc1Cl. The van der Waals surface area contributed by atoms with E-state index in [1.165, 1.54) is 51.1 Å². The van der Waals surface area contributed by atoms with Gasteiger partial charge in [-0.3, -0.25) is 0 Å². The van der Waals surface area contributed by atoms with E-state index < -0.39 is 0 Å². The number of benzene rings is 1. The fourth-order valence-electron chi connectivity index (χ4n) is 3.87. The van der Waals surface area contributed by atoms with Crippen LogP contribution < -0.4 is 10.6 Å². The van der Waals surface area contributed by atoms with E-state index >= 15 is 0 Å². The highest BCUT2D eigenvalue weighted by atomic mass is 35.5. The Hall–Kier alpha value is -0.640. The molecule has 2 aliphatic rings. The molecule has 3 unspecified atom stereocenters. The molecule has 116 valence electrons. The molecule has 1 aromatic rings. The zero-order valence-corrected chi connectivity index (χ0v) is 13.1. The van der Waals surface area contributed by atoms with Crippen LogP contribution in [0.25, 0.3) is 0 Å². The van der Waals surface area contributed by atoms with Crippen molar-refractivity contribution >= 4 is 11.6 Å². The van der Waals surface area contributed by atoms with E-state index in [0.717, 1.165) is 18.0 Å². The van der Waals surface area contributed by atoms with E-state index in [1.807, 2.05) is 6.07 Å². The monoisotopic (exact) mass is 310 g/mol. The van der Waals surface area contributed by atoms with Crippen molar-refractivity contribution in [1.29, 1.82) is 0 Å². The van der Waals surface area contributed by atoms with E-state index in [0.29, 0.717) is 12.1 Å². The molecule has 2 N–H and O–H groups in total. The smallest absolute Gasteiger partial charge is 0.141 e. The van der Waals surface area contributed by atoms with Gasteiger partial charge in [-0.05, 0) is 55.8 Å². The van der Waals surface area contributed by atoms with Crippen LogP contribution in [-0.4, -0.2) is 18.6 Å². The molecule has 0 bridgehead atoms. The van der Waals surface area contributed by atoms with Crippen LogP contribution in [0.4, 0.5) is 4.39 Å². The van der Waals surface area contributed by atoms with Gasteiger partial charge in [0.2, 0.25) is 0 Å². The average Bonchev–Trinajstić information content (AvgIpc) is 2.98. The van der Waals surface area contributed by atoms with Crippen LogP contribution in [0.1, 0.15) is 44.1 Å². The zero-order valence-electron chi connectivity index (χ0n) is 12.4. The number of rotatable bonds is 4. The van der Waals surface area contributed by atoms with Gasteiger partial charge in [0.15, 0.2) is 0 Å². The maximum Gasteiger partial charge on any atom is 0.141 e. The molecule has 0 aromatic heterocycles. The van der Waals surface area contributed by atoms with Crippen LogP contribution in [0.5, 0.6) is 0 Å². The third-order valence-corrected chi connectivity index (χ3v) is 5.28. The van der Waals surface area contributed by atoms with Crippen LogP contribution in [0.3, 0.4) is 0 Å². The van der Waals surface area contributed by atoms with Gasteiger partial charge in [-0.15, -0.1) is 0 Å². The fourth-order valence-corrected chi connectivity index (χ4v) is 4.07. The minimum atomic E-state index is -0.342. The van der Waals surface area contributed by atoms with Crippen molar-refractivity contribution in [1.82, 2.24) is 10.6 Å².